The lowest BCUT2D eigenvalue weighted by Gasteiger charge is -2.14. The molecule has 3 rings (SSSR count). The predicted octanol–water partition coefficient (Wildman–Crippen LogP) is 4.08. The van der Waals surface area contributed by atoms with Crippen molar-refractivity contribution in [2.75, 3.05) is 6.61 Å². The minimum absolute atomic E-state index is 0.0762. The lowest BCUT2D eigenvalue weighted by Crippen LogP contribution is -2.29. The third-order valence-electron chi connectivity index (χ3n) is 4.40. The van der Waals surface area contributed by atoms with E-state index in [1.807, 2.05) is 13.0 Å². The third-order valence-corrected chi connectivity index (χ3v) is 4.40. The SMILES string of the molecule is Cc1cnc2c(C(=O)NC(C)F)cn(Cc3nccc(OCC(F)(F)F)c3C)c2c1. The predicted molar refractivity (Wildman–Crippen MR) is 102 cm³/mol. The van der Waals surface area contributed by atoms with E-state index < -0.39 is 25.0 Å². The number of carbonyl (C=O) groups excluding carboxylic acids is 1. The molecule has 6 nitrogen and oxygen atoms in total. The smallest absolute Gasteiger partial charge is 0.422 e. The molecular formula is C20H20F4N4O2. The molecule has 0 spiro atoms. The van der Waals surface area contributed by atoms with E-state index in [0.717, 1.165) is 5.56 Å². The quantitative estimate of drug-likeness (QED) is 0.478. The molecule has 0 aromatic carbocycles. The topological polar surface area (TPSA) is 69.0 Å². The number of hydrogen-bond acceptors (Lipinski definition) is 4. The molecule has 0 bridgehead atoms. The molecule has 0 aliphatic heterocycles. The zero-order valence-corrected chi connectivity index (χ0v) is 16.5. The lowest BCUT2D eigenvalue weighted by molar-refractivity contribution is -0.153. The van der Waals surface area contributed by atoms with Crippen LogP contribution in [-0.4, -0.2) is 39.5 Å². The number of carbonyl (C=O) groups is 1. The highest BCUT2D eigenvalue weighted by Gasteiger charge is 2.29. The van der Waals surface area contributed by atoms with Gasteiger partial charge in [-0.2, -0.15) is 13.2 Å². The number of aryl methyl sites for hydroxylation is 1. The van der Waals surface area contributed by atoms with Gasteiger partial charge in [0, 0.05) is 24.2 Å². The Hall–Kier alpha value is -3.17. The van der Waals surface area contributed by atoms with Crippen molar-refractivity contribution in [2.24, 2.45) is 0 Å². The Bertz CT molecular complexity index is 1080. The van der Waals surface area contributed by atoms with Gasteiger partial charge in [-0.15, -0.1) is 0 Å². The van der Waals surface area contributed by atoms with Gasteiger partial charge in [-0.05, 0) is 38.5 Å². The minimum Gasteiger partial charge on any atom is -0.484 e. The summed E-state index contributed by atoms with van der Waals surface area (Å²) >= 11 is 0. The van der Waals surface area contributed by atoms with E-state index in [2.05, 4.69) is 15.3 Å². The second kappa shape index (κ2) is 8.29. The maximum absolute atomic E-state index is 13.2. The summed E-state index contributed by atoms with van der Waals surface area (Å²) in [6, 6.07) is 3.18. The molecular weight excluding hydrogens is 404 g/mol. The molecule has 1 N–H and O–H groups in total. The lowest BCUT2D eigenvalue weighted by atomic mass is 10.2. The molecule has 160 valence electrons. The van der Waals surface area contributed by atoms with Crippen LogP contribution in [0.2, 0.25) is 0 Å². The van der Waals surface area contributed by atoms with Gasteiger partial charge < -0.3 is 14.6 Å². The summed E-state index contributed by atoms with van der Waals surface area (Å²) in [5.74, 6) is -0.538. The number of nitrogens with zero attached hydrogens (tertiary/aromatic N) is 3. The first-order chi connectivity index (χ1) is 14.0. The highest BCUT2D eigenvalue weighted by atomic mass is 19.4. The van der Waals surface area contributed by atoms with Gasteiger partial charge >= 0.3 is 6.18 Å². The summed E-state index contributed by atoms with van der Waals surface area (Å²) in [6.45, 7) is 3.41. The van der Waals surface area contributed by atoms with Gasteiger partial charge in [-0.25, -0.2) is 4.39 Å². The molecule has 3 heterocycles. The van der Waals surface area contributed by atoms with E-state index in [1.54, 1.807) is 17.7 Å². The van der Waals surface area contributed by atoms with Crippen LogP contribution >= 0.6 is 0 Å². The molecule has 0 radical (unpaired) electrons. The summed E-state index contributed by atoms with van der Waals surface area (Å²) in [4.78, 5) is 20.9. The molecule has 3 aromatic heterocycles. The molecule has 0 fully saturated rings. The highest BCUT2D eigenvalue weighted by molar-refractivity contribution is 6.05. The molecule has 30 heavy (non-hydrogen) atoms. The number of alkyl halides is 4. The Labute approximate surface area is 169 Å². The van der Waals surface area contributed by atoms with E-state index in [1.165, 1.54) is 25.4 Å². The molecule has 0 aliphatic rings. The zero-order valence-electron chi connectivity index (χ0n) is 16.5. The summed E-state index contributed by atoms with van der Waals surface area (Å²) < 4.78 is 57.3. The van der Waals surface area contributed by atoms with Crippen LogP contribution in [0, 0.1) is 13.8 Å². The van der Waals surface area contributed by atoms with Crippen molar-refractivity contribution in [1.29, 1.82) is 0 Å². The fraction of sp³-hybridized carbons (Fsp3) is 0.350. The first-order valence-corrected chi connectivity index (χ1v) is 9.09. The van der Waals surface area contributed by atoms with Crippen LogP contribution in [0.25, 0.3) is 11.0 Å². The van der Waals surface area contributed by atoms with Crippen molar-refractivity contribution in [1.82, 2.24) is 19.9 Å². The molecule has 10 heteroatoms. The minimum atomic E-state index is -4.45. The Morgan fingerprint density at radius 2 is 2.03 bits per heavy atom. The van der Waals surface area contributed by atoms with Crippen molar-refractivity contribution in [3.8, 4) is 5.75 Å². The average molecular weight is 424 g/mol. The highest BCUT2D eigenvalue weighted by Crippen LogP contribution is 2.26. The second-order valence-electron chi connectivity index (χ2n) is 6.93. The zero-order chi connectivity index (χ0) is 22.1. The van der Waals surface area contributed by atoms with E-state index in [9.17, 15) is 22.4 Å². The number of rotatable bonds is 6. The van der Waals surface area contributed by atoms with Crippen molar-refractivity contribution in [2.45, 2.75) is 39.8 Å². The average Bonchev–Trinajstić information content (AvgIpc) is 2.99. The third kappa shape index (κ3) is 4.87. The number of fused-ring (bicyclic) bond motifs is 1. The van der Waals surface area contributed by atoms with Gasteiger partial charge in [0.25, 0.3) is 5.91 Å². The summed E-state index contributed by atoms with van der Waals surface area (Å²) in [5.41, 5.74) is 2.97. The van der Waals surface area contributed by atoms with E-state index in [4.69, 9.17) is 4.74 Å². The Morgan fingerprint density at radius 1 is 1.30 bits per heavy atom. The number of aromatic nitrogens is 3. The van der Waals surface area contributed by atoms with Gasteiger partial charge in [-0.3, -0.25) is 14.8 Å². The van der Waals surface area contributed by atoms with Crippen LogP contribution in [0.1, 0.15) is 34.1 Å². The summed E-state index contributed by atoms with van der Waals surface area (Å²) in [5, 5.41) is 2.19. The van der Waals surface area contributed by atoms with E-state index in [0.29, 0.717) is 22.3 Å². The Morgan fingerprint density at radius 3 is 2.70 bits per heavy atom. The van der Waals surface area contributed by atoms with Crippen molar-refractivity contribution >= 4 is 16.9 Å². The standard InChI is InChI=1S/C20H20F4N4O2/c1-11-6-16-18(26-7-11)14(19(29)27-13(3)21)8-28(16)9-15-12(2)17(4-5-25-15)30-10-20(22,23)24/h4-8,13H,9-10H2,1-3H3,(H,27,29). The van der Waals surface area contributed by atoms with Gasteiger partial charge in [0.2, 0.25) is 0 Å². The van der Waals surface area contributed by atoms with Crippen LogP contribution in [-0.2, 0) is 6.54 Å². The summed E-state index contributed by atoms with van der Waals surface area (Å²) in [7, 11) is 0. The number of hydrogen-bond donors (Lipinski definition) is 1. The molecule has 0 saturated heterocycles. The number of pyridine rings is 2. The normalized spacial score (nSPS) is 12.8. The number of nitrogens with one attached hydrogen (secondary N) is 1. The molecule has 1 atom stereocenters. The first kappa shape index (κ1) is 21.5. The number of amides is 1. The maximum atomic E-state index is 13.2. The van der Waals surface area contributed by atoms with Crippen LogP contribution in [0.15, 0.2) is 30.7 Å². The van der Waals surface area contributed by atoms with Crippen LogP contribution in [0.4, 0.5) is 17.6 Å². The Kier molecular flexibility index (Phi) is 5.95. The van der Waals surface area contributed by atoms with E-state index >= 15 is 0 Å². The van der Waals surface area contributed by atoms with Gasteiger partial charge in [0.15, 0.2) is 12.9 Å². The van der Waals surface area contributed by atoms with Crippen LogP contribution in [0.3, 0.4) is 0 Å². The molecule has 0 saturated carbocycles. The van der Waals surface area contributed by atoms with Gasteiger partial charge in [0.05, 0.1) is 23.3 Å². The molecule has 1 unspecified atom stereocenters. The van der Waals surface area contributed by atoms with Gasteiger partial charge in [0.1, 0.15) is 11.3 Å². The fourth-order valence-corrected chi connectivity index (χ4v) is 3.02. The monoisotopic (exact) mass is 424 g/mol. The van der Waals surface area contributed by atoms with Crippen LogP contribution in [0.5, 0.6) is 5.75 Å². The second-order valence-corrected chi connectivity index (χ2v) is 6.93. The first-order valence-electron chi connectivity index (χ1n) is 9.09. The number of ether oxygens (including phenoxy) is 1. The van der Waals surface area contributed by atoms with Gasteiger partial charge in [-0.1, -0.05) is 0 Å². The van der Waals surface area contributed by atoms with Crippen molar-refractivity contribution in [3.05, 3.63) is 53.1 Å². The Balaban J connectivity index is 1.98. The summed E-state index contributed by atoms with van der Waals surface area (Å²) in [6.07, 6.45) is -1.50. The maximum Gasteiger partial charge on any atom is 0.422 e. The van der Waals surface area contributed by atoms with Crippen molar-refractivity contribution < 1.29 is 27.1 Å². The van der Waals surface area contributed by atoms with Crippen molar-refractivity contribution in [3.63, 3.8) is 0 Å². The van der Waals surface area contributed by atoms with Crippen LogP contribution < -0.4 is 10.1 Å². The fourth-order valence-electron chi connectivity index (χ4n) is 3.02. The molecule has 3 aromatic rings. The number of halogens is 4. The molecule has 0 aliphatic carbocycles. The largest absolute Gasteiger partial charge is 0.484 e. The molecule has 1 amide bonds. The van der Waals surface area contributed by atoms with E-state index in [-0.39, 0.29) is 17.9 Å².